The molecule has 0 spiro atoms. The number of hydrogen-bond donors (Lipinski definition) is 1. The molecule has 1 N–H and O–H groups in total. The van der Waals surface area contributed by atoms with E-state index in [9.17, 15) is 0 Å². The van der Waals surface area contributed by atoms with Crippen LogP contribution < -0.4 is 10.1 Å². The summed E-state index contributed by atoms with van der Waals surface area (Å²) in [5.41, 5.74) is 4.96. The quantitative estimate of drug-likeness (QED) is 0.846. The van der Waals surface area contributed by atoms with E-state index in [4.69, 9.17) is 4.74 Å². The molecule has 0 heterocycles. The van der Waals surface area contributed by atoms with E-state index >= 15 is 0 Å². The van der Waals surface area contributed by atoms with Crippen LogP contribution in [0.5, 0.6) is 5.75 Å². The largest absolute Gasteiger partial charge is 0.496 e. The minimum Gasteiger partial charge on any atom is -0.496 e. The van der Waals surface area contributed by atoms with E-state index in [2.05, 4.69) is 62.5 Å². The third-order valence-corrected chi connectivity index (χ3v) is 3.51. The van der Waals surface area contributed by atoms with E-state index in [0.717, 1.165) is 12.3 Å². The van der Waals surface area contributed by atoms with Gasteiger partial charge in [0.1, 0.15) is 5.75 Å². The summed E-state index contributed by atoms with van der Waals surface area (Å²) in [5, 5.41) is 3.48. The van der Waals surface area contributed by atoms with Crippen LogP contribution in [0.15, 0.2) is 42.5 Å². The molecular weight excluding hydrogens is 246 g/mol. The molecule has 0 saturated heterocycles. The zero-order chi connectivity index (χ0) is 14.5. The van der Waals surface area contributed by atoms with E-state index in [1.807, 2.05) is 6.07 Å². The van der Waals surface area contributed by atoms with Gasteiger partial charge < -0.3 is 10.1 Å². The Labute approximate surface area is 121 Å². The van der Waals surface area contributed by atoms with Crippen LogP contribution in [0.4, 0.5) is 5.69 Å². The molecule has 20 heavy (non-hydrogen) atoms. The molecule has 2 heteroatoms. The zero-order valence-electron chi connectivity index (χ0n) is 12.7. The van der Waals surface area contributed by atoms with Gasteiger partial charge in [0.05, 0.1) is 7.11 Å². The average molecular weight is 269 g/mol. The fraction of sp³-hybridized carbons (Fsp3) is 0.333. The van der Waals surface area contributed by atoms with Gasteiger partial charge in [0.25, 0.3) is 0 Å². The van der Waals surface area contributed by atoms with Crippen LogP contribution in [-0.4, -0.2) is 7.11 Å². The number of benzene rings is 2. The lowest BCUT2D eigenvalue weighted by Gasteiger charge is -2.12. The summed E-state index contributed by atoms with van der Waals surface area (Å²) in [5.74, 6) is 1.50. The Morgan fingerprint density at radius 1 is 1.10 bits per heavy atom. The Bertz CT molecular complexity index is 575. The minimum atomic E-state index is 0.556. The third-order valence-electron chi connectivity index (χ3n) is 3.51. The van der Waals surface area contributed by atoms with Crippen LogP contribution >= 0.6 is 0 Å². The lowest BCUT2D eigenvalue weighted by atomic mass is 10.0. The highest BCUT2D eigenvalue weighted by molar-refractivity contribution is 5.47. The molecule has 2 aromatic rings. The van der Waals surface area contributed by atoms with Crippen LogP contribution in [0.25, 0.3) is 0 Å². The Kier molecular flexibility index (Phi) is 4.67. The Morgan fingerprint density at radius 2 is 1.90 bits per heavy atom. The van der Waals surface area contributed by atoms with Crippen molar-refractivity contribution in [3.8, 4) is 5.75 Å². The second-order valence-corrected chi connectivity index (χ2v) is 5.44. The topological polar surface area (TPSA) is 21.3 Å². The van der Waals surface area contributed by atoms with Gasteiger partial charge in [-0.1, -0.05) is 38.1 Å². The molecule has 0 aliphatic heterocycles. The molecule has 2 nitrogen and oxygen atoms in total. The van der Waals surface area contributed by atoms with E-state index in [1.54, 1.807) is 7.11 Å². The molecule has 0 bridgehead atoms. The SMILES string of the molecule is COc1ccc(CNc2cccc(C(C)C)c2)cc1C. The molecule has 0 aliphatic carbocycles. The number of methoxy groups -OCH3 is 1. The zero-order valence-corrected chi connectivity index (χ0v) is 12.7. The molecule has 0 amide bonds. The molecule has 0 fully saturated rings. The second-order valence-electron chi connectivity index (χ2n) is 5.44. The Morgan fingerprint density at radius 3 is 2.55 bits per heavy atom. The Balaban J connectivity index is 2.05. The first-order valence-electron chi connectivity index (χ1n) is 7.07. The van der Waals surface area contributed by atoms with Crippen molar-refractivity contribution < 1.29 is 4.74 Å². The van der Waals surface area contributed by atoms with Gasteiger partial charge in [-0.05, 0) is 47.7 Å². The van der Waals surface area contributed by atoms with Crippen LogP contribution in [0, 0.1) is 6.92 Å². The van der Waals surface area contributed by atoms with Crippen LogP contribution in [0.2, 0.25) is 0 Å². The van der Waals surface area contributed by atoms with Gasteiger partial charge in [0.15, 0.2) is 0 Å². The van der Waals surface area contributed by atoms with Crippen LogP contribution in [0.3, 0.4) is 0 Å². The minimum absolute atomic E-state index is 0.556. The highest BCUT2D eigenvalue weighted by atomic mass is 16.5. The molecule has 2 aromatic carbocycles. The monoisotopic (exact) mass is 269 g/mol. The number of nitrogens with one attached hydrogen (secondary N) is 1. The van der Waals surface area contributed by atoms with Crippen molar-refractivity contribution in [2.24, 2.45) is 0 Å². The highest BCUT2D eigenvalue weighted by Crippen LogP contribution is 2.21. The van der Waals surface area contributed by atoms with Gasteiger partial charge in [-0.25, -0.2) is 0 Å². The summed E-state index contributed by atoms with van der Waals surface area (Å²) in [6.07, 6.45) is 0. The maximum Gasteiger partial charge on any atom is 0.121 e. The lowest BCUT2D eigenvalue weighted by Crippen LogP contribution is -2.01. The fourth-order valence-electron chi connectivity index (χ4n) is 2.26. The van der Waals surface area contributed by atoms with Crippen molar-refractivity contribution in [3.05, 3.63) is 59.2 Å². The Hall–Kier alpha value is -1.96. The molecule has 0 radical (unpaired) electrons. The van der Waals surface area contributed by atoms with Crippen LogP contribution in [-0.2, 0) is 6.54 Å². The smallest absolute Gasteiger partial charge is 0.121 e. The summed E-state index contributed by atoms with van der Waals surface area (Å²) in [7, 11) is 1.71. The van der Waals surface area contributed by atoms with Crippen LogP contribution in [0.1, 0.15) is 36.5 Å². The first-order valence-corrected chi connectivity index (χ1v) is 7.07. The first-order chi connectivity index (χ1) is 9.60. The van der Waals surface area contributed by atoms with Crippen molar-refractivity contribution in [1.82, 2.24) is 0 Å². The van der Waals surface area contributed by atoms with E-state index < -0.39 is 0 Å². The van der Waals surface area contributed by atoms with Gasteiger partial charge in [-0.3, -0.25) is 0 Å². The average Bonchev–Trinajstić information content (AvgIpc) is 2.45. The van der Waals surface area contributed by atoms with Crippen molar-refractivity contribution >= 4 is 5.69 Å². The second kappa shape index (κ2) is 6.47. The van der Waals surface area contributed by atoms with Crippen molar-refractivity contribution in [2.45, 2.75) is 33.2 Å². The maximum atomic E-state index is 5.28. The summed E-state index contributed by atoms with van der Waals surface area (Å²) < 4.78 is 5.28. The van der Waals surface area contributed by atoms with Crippen molar-refractivity contribution in [3.63, 3.8) is 0 Å². The molecule has 0 unspecified atom stereocenters. The van der Waals surface area contributed by atoms with E-state index in [1.165, 1.54) is 22.4 Å². The summed E-state index contributed by atoms with van der Waals surface area (Å²) in [6, 6.07) is 14.9. The van der Waals surface area contributed by atoms with E-state index in [-0.39, 0.29) is 0 Å². The number of anilines is 1. The molecule has 0 saturated carbocycles. The number of aryl methyl sites for hydroxylation is 1. The maximum absolute atomic E-state index is 5.28. The normalized spacial score (nSPS) is 10.7. The highest BCUT2D eigenvalue weighted by Gasteiger charge is 2.02. The fourth-order valence-corrected chi connectivity index (χ4v) is 2.26. The number of rotatable bonds is 5. The summed E-state index contributed by atoms with van der Waals surface area (Å²) in [6.45, 7) is 7.33. The standard InChI is InChI=1S/C18H23NO/c1-13(2)16-6-5-7-17(11-16)19-12-15-8-9-18(20-4)14(3)10-15/h5-11,13,19H,12H2,1-4H3. The van der Waals surface area contributed by atoms with Gasteiger partial charge in [-0.15, -0.1) is 0 Å². The molecule has 106 valence electrons. The molecule has 0 atom stereocenters. The predicted octanol–water partition coefficient (Wildman–Crippen LogP) is 4.74. The van der Waals surface area contributed by atoms with Gasteiger partial charge in [0, 0.05) is 12.2 Å². The summed E-state index contributed by atoms with van der Waals surface area (Å²) in [4.78, 5) is 0. The number of hydrogen-bond acceptors (Lipinski definition) is 2. The van der Waals surface area contributed by atoms with Crippen molar-refractivity contribution in [2.75, 3.05) is 12.4 Å². The molecule has 0 aromatic heterocycles. The molecule has 0 aliphatic rings. The molecular formula is C18H23NO. The van der Waals surface area contributed by atoms with Gasteiger partial charge in [0.2, 0.25) is 0 Å². The lowest BCUT2D eigenvalue weighted by molar-refractivity contribution is 0.411. The number of ether oxygens (including phenoxy) is 1. The van der Waals surface area contributed by atoms with E-state index in [0.29, 0.717) is 5.92 Å². The third kappa shape index (κ3) is 3.53. The molecule has 2 rings (SSSR count). The van der Waals surface area contributed by atoms with Crippen molar-refractivity contribution in [1.29, 1.82) is 0 Å². The van der Waals surface area contributed by atoms with Gasteiger partial charge in [-0.2, -0.15) is 0 Å². The summed E-state index contributed by atoms with van der Waals surface area (Å²) >= 11 is 0. The first kappa shape index (κ1) is 14.4. The predicted molar refractivity (Wildman–Crippen MR) is 85.6 cm³/mol. The van der Waals surface area contributed by atoms with Gasteiger partial charge >= 0.3 is 0 Å².